The predicted octanol–water partition coefficient (Wildman–Crippen LogP) is 3.63. The van der Waals surface area contributed by atoms with Gasteiger partial charge in [-0.15, -0.1) is 0 Å². The molecule has 1 aromatic rings. The fraction of sp³-hybridized carbons (Fsp3) is 0.500. The molecule has 0 saturated heterocycles. The molecule has 0 bridgehead atoms. The van der Waals surface area contributed by atoms with E-state index in [4.69, 9.17) is 5.26 Å². The highest BCUT2D eigenvalue weighted by molar-refractivity contribution is 5.46. The van der Waals surface area contributed by atoms with E-state index in [-0.39, 0.29) is 11.7 Å². The molecule has 0 heterocycles. The molecule has 1 N–H and O–H groups in total. The van der Waals surface area contributed by atoms with E-state index in [1.165, 1.54) is 6.07 Å². The Morgan fingerprint density at radius 1 is 1.29 bits per heavy atom. The van der Waals surface area contributed by atoms with Crippen molar-refractivity contribution >= 4 is 5.69 Å². The van der Waals surface area contributed by atoms with Crippen LogP contribution in [0.1, 0.15) is 31.2 Å². The maximum Gasteiger partial charge on any atom is 0.126 e. The first-order valence-electron chi connectivity index (χ1n) is 6.11. The van der Waals surface area contributed by atoms with Crippen molar-refractivity contribution in [2.45, 2.75) is 38.6 Å². The number of nitrogens with zero attached hydrogens (tertiary/aromatic N) is 1. The molecule has 1 aromatic carbocycles. The van der Waals surface area contributed by atoms with Crippen LogP contribution in [0.4, 0.5) is 10.1 Å². The van der Waals surface area contributed by atoms with E-state index in [0.29, 0.717) is 11.6 Å². The summed E-state index contributed by atoms with van der Waals surface area (Å²) < 4.78 is 13.1. The smallest absolute Gasteiger partial charge is 0.126 e. The van der Waals surface area contributed by atoms with Crippen molar-refractivity contribution in [3.05, 3.63) is 29.6 Å². The molecular formula is C14H17FN2. The van der Waals surface area contributed by atoms with Crippen molar-refractivity contribution < 1.29 is 4.39 Å². The summed E-state index contributed by atoms with van der Waals surface area (Å²) in [5.74, 6) is 0.0618. The van der Waals surface area contributed by atoms with Crippen molar-refractivity contribution in [2.75, 3.05) is 5.32 Å². The van der Waals surface area contributed by atoms with E-state index in [9.17, 15) is 4.39 Å². The number of halogens is 1. The standard InChI is InChI=1S/C14H17FN2/c1-10-8-13(6-7-14(10)15)17-12-4-2-11(9-16)3-5-12/h6-8,11-12,17H,2-5H2,1H3. The van der Waals surface area contributed by atoms with Gasteiger partial charge in [-0.05, 0) is 56.4 Å². The molecule has 90 valence electrons. The second kappa shape index (κ2) is 5.18. The largest absolute Gasteiger partial charge is 0.382 e. The Bertz CT molecular complexity index is 428. The van der Waals surface area contributed by atoms with Gasteiger partial charge in [-0.1, -0.05) is 0 Å². The van der Waals surface area contributed by atoms with Crippen molar-refractivity contribution in [2.24, 2.45) is 5.92 Å². The van der Waals surface area contributed by atoms with Crippen LogP contribution in [0, 0.1) is 30.0 Å². The molecule has 1 saturated carbocycles. The van der Waals surface area contributed by atoms with Gasteiger partial charge in [-0.25, -0.2) is 4.39 Å². The minimum absolute atomic E-state index is 0.163. The van der Waals surface area contributed by atoms with Crippen LogP contribution in [0.3, 0.4) is 0 Å². The van der Waals surface area contributed by atoms with Gasteiger partial charge < -0.3 is 5.32 Å². The van der Waals surface area contributed by atoms with Crippen molar-refractivity contribution in [3.63, 3.8) is 0 Å². The zero-order valence-electron chi connectivity index (χ0n) is 10.0. The summed E-state index contributed by atoms with van der Waals surface area (Å²) >= 11 is 0. The highest BCUT2D eigenvalue weighted by atomic mass is 19.1. The average Bonchev–Trinajstić information content (AvgIpc) is 2.35. The van der Waals surface area contributed by atoms with E-state index >= 15 is 0 Å². The van der Waals surface area contributed by atoms with Crippen LogP contribution in [0.15, 0.2) is 18.2 Å². The molecule has 0 aromatic heterocycles. The van der Waals surface area contributed by atoms with E-state index in [1.54, 1.807) is 13.0 Å². The maximum absolute atomic E-state index is 13.1. The lowest BCUT2D eigenvalue weighted by atomic mass is 9.87. The van der Waals surface area contributed by atoms with Gasteiger partial charge in [0.05, 0.1) is 6.07 Å². The van der Waals surface area contributed by atoms with Gasteiger partial charge in [0.2, 0.25) is 0 Å². The number of aryl methyl sites for hydroxylation is 1. The first-order valence-corrected chi connectivity index (χ1v) is 6.11. The maximum atomic E-state index is 13.1. The quantitative estimate of drug-likeness (QED) is 0.845. The molecule has 0 unspecified atom stereocenters. The van der Waals surface area contributed by atoms with Crippen molar-refractivity contribution in [1.82, 2.24) is 0 Å². The third-order valence-electron chi connectivity index (χ3n) is 3.44. The zero-order chi connectivity index (χ0) is 12.3. The molecular weight excluding hydrogens is 215 g/mol. The monoisotopic (exact) mass is 232 g/mol. The Hall–Kier alpha value is -1.56. The van der Waals surface area contributed by atoms with E-state index in [0.717, 1.165) is 31.4 Å². The van der Waals surface area contributed by atoms with Gasteiger partial charge in [-0.3, -0.25) is 0 Å². The minimum Gasteiger partial charge on any atom is -0.382 e. The minimum atomic E-state index is -0.163. The zero-order valence-corrected chi connectivity index (χ0v) is 10.0. The van der Waals surface area contributed by atoms with Crippen LogP contribution in [0.2, 0.25) is 0 Å². The number of hydrogen-bond donors (Lipinski definition) is 1. The summed E-state index contributed by atoms with van der Waals surface area (Å²) in [4.78, 5) is 0. The molecule has 0 atom stereocenters. The lowest BCUT2D eigenvalue weighted by Gasteiger charge is -2.26. The third-order valence-corrected chi connectivity index (χ3v) is 3.44. The topological polar surface area (TPSA) is 35.8 Å². The molecule has 1 fully saturated rings. The van der Waals surface area contributed by atoms with E-state index in [1.807, 2.05) is 6.07 Å². The summed E-state index contributed by atoms with van der Waals surface area (Å²) in [7, 11) is 0. The number of benzene rings is 1. The highest BCUT2D eigenvalue weighted by Crippen LogP contribution is 2.26. The normalized spacial score (nSPS) is 24.1. The van der Waals surface area contributed by atoms with Gasteiger partial charge in [0, 0.05) is 17.6 Å². The molecule has 2 nitrogen and oxygen atoms in total. The van der Waals surface area contributed by atoms with Gasteiger partial charge in [0.1, 0.15) is 5.82 Å². The second-order valence-corrected chi connectivity index (χ2v) is 4.79. The number of nitriles is 1. The molecule has 1 aliphatic carbocycles. The summed E-state index contributed by atoms with van der Waals surface area (Å²) in [6.07, 6.45) is 3.98. The molecule has 0 amide bonds. The predicted molar refractivity (Wildman–Crippen MR) is 66.1 cm³/mol. The van der Waals surface area contributed by atoms with Gasteiger partial charge in [0.15, 0.2) is 0 Å². The summed E-state index contributed by atoms with van der Waals surface area (Å²) in [6, 6.07) is 7.86. The Kier molecular flexibility index (Phi) is 3.63. The van der Waals surface area contributed by atoms with E-state index in [2.05, 4.69) is 11.4 Å². The molecule has 2 rings (SSSR count). The molecule has 1 aliphatic rings. The Morgan fingerprint density at radius 3 is 2.59 bits per heavy atom. The summed E-state index contributed by atoms with van der Waals surface area (Å²) in [5.41, 5.74) is 1.64. The first kappa shape index (κ1) is 11.9. The van der Waals surface area contributed by atoms with Crippen molar-refractivity contribution in [3.8, 4) is 6.07 Å². The molecule has 0 radical (unpaired) electrons. The van der Waals surface area contributed by atoms with Crippen LogP contribution >= 0.6 is 0 Å². The molecule has 17 heavy (non-hydrogen) atoms. The number of nitrogens with one attached hydrogen (secondary N) is 1. The fourth-order valence-electron chi connectivity index (χ4n) is 2.34. The molecule has 3 heteroatoms. The Balaban J connectivity index is 1.93. The Morgan fingerprint density at radius 2 is 2.00 bits per heavy atom. The SMILES string of the molecule is Cc1cc(NC2CCC(C#N)CC2)ccc1F. The van der Waals surface area contributed by atoms with Gasteiger partial charge >= 0.3 is 0 Å². The summed E-state index contributed by atoms with van der Waals surface area (Å²) in [6.45, 7) is 1.77. The van der Waals surface area contributed by atoms with Gasteiger partial charge in [-0.2, -0.15) is 5.26 Å². The van der Waals surface area contributed by atoms with Crippen LogP contribution in [-0.4, -0.2) is 6.04 Å². The third kappa shape index (κ3) is 2.97. The number of rotatable bonds is 2. The van der Waals surface area contributed by atoms with Crippen LogP contribution in [-0.2, 0) is 0 Å². The van der Waals surface area contributed by atoms with Gasteiger partial charge in [0.25, 0.3) is 0 Å². The molecule has 0 spiro atoms. The first-order chi connectivity index (χ1) is 8.19. The lowest BCUT2D eigenvalue weighted by molar-refractivity contribution is 0.397. The van der Waals surface area contributed by atoms with Crippen molar-refractivity contribution in [1.29, 1.82) is 5.26 Å². The lowest BCUT2D eigenvalue weighted by Crippen LogP contribution is -2.25. The summed E-state index contributed by atoms with van der Waals surface area (Å²) in [5, 5.41) is 12.2. The number of hydrogen-bond acceptors (Lipinski definition) is 2. The second-order valence-electron chi connectivity index (χ2n) is 4.79. The van der Waals surface area contributed by atoms with Crippen LogP contribution in [0.5, 0.6) is 0 Å². The Labute approximate surface area is 101 Å². The van der Waals surface area contributed by atoms with E-state index < -0.39 is 0 Å². The molecule has 0 aliphatic heterocycles. The fourth-order valence-corrected chi connectivity index (χ4v) is 2.34. The number of anilines is 1. The van der Waals surface area contributed by atoms with Crippen LogP contribution < -0.4 is 5.32 Å². The highest BCUT2D eigenvalue weighted by Gasteiger charge is 2.20. The van der Waals surface area contributed by atoms with Crippen LogP contribution in [0.25, 0.3) is 0 Å². The average molecular weight is 232 g/mol.